The maximum Gasteiger partial charge on any atom is 0.252 e. The third kappa shape index (κ3) is 6.41. The molecule has 3 amide bonds. The SMILES string of the molecule is COc1ccccc1CNC(=O)c1ccccc1C(=O)NC(C)(C)C(=O)NCc1ccccc1OC. The summed E-state index contributed by atoms with van der Waals surface area (Å²) >= 11 is 0. The zero-order valence-electron chi connectivity index (χ0n) is 20.9. The van der Waals surface area contributed by atoms with Crippen LogP contribution in [-0.4, -0.2) is 37.5 Å². The fraction of sp³-hybridized carbons (Fsp3) is 0.250. The van der Waals surface area contributed by atoms with Crippen LogP contribution >= 0.6 is 0 Å². The molecule has 3 N–H and O–H groups in total. The molecule has 0 bridgehead atoms. The van der Waals surface area contributed by atoms with Crippen molar-refractivity contribution >= 4 is 17.7 Å². The van der Waals surface area contributed by atoms with Crippen LogP contribution in [0.2, 0.25) is 0 Å². The van der Waals surface area contributed by atoms with Crippen LogP contribution in [0.1, 0.15) is 45.7 Å². The summed E-state index contributed by atoms with van der Waals surface area (Å²) in [6.45, 7) is 3.68. The predicted octanol–water partition coefficient (Wildman–Crippen LogP) is 3.46. The highest BCUT2D eigenvalue weighted by Crippen LogP contribution is 2.19. The van der Waals surface area contributed by atoms with Crippen LogP contribution in [-0.2, 0) is 17.9 Å². The molecule has 0 spiro atoms. The van der Waals surface area contributed by atoms with Crippen molar-refractivity contribution in [2.45, 2.75) is 32.5 Å². The largest absolute Gasteiger partial charge is 0.496 e. The van der Waals surface area contributed by atoms with E-state index in [1.165, 1.54) is 0 Å². The Hall–Kier alpha value is -4.33. The average Bonchev–Trinajstić information content (AvgIpc) is 2.90. The van der Waals surface area contributed by atoms with Crippen molar-refractivity contribution in [3.63, 3.8) is 0 Å². The molecule has 0 aromatic heterocycles. The van der Waals surface area contributed by atoms with Crippen LogP contribution in [0.15, 0.2) is 72.8 Å². The molecule has 0 saturated heterocycles. The zero-order chi connectivity index (χ0) is 26.1. The molecule has 0 atom stereocenters. The first kappa shape index (κ1) is 26.3. The second kappa shape index (κ2) is 11.9. The van der Waals surface area contributed by atoms with Gasteiger partial charge in [0.15, 0.2) is 0 Å². The van der Waals surface area contributed by atoms with E-state index in [2.05, 4.69) is 16.0 Å². The standard InChI is InChI=1S/C28H31N3O5/c1-28(2,27(34)30-18-20-12-6-10-16-24(20)36-4)31-26(33)22-14-8-7-13-21(22)25(32)29-17-19-11-5-9-15-23(19)35-3/h5-16H,17-18H2,1-4H3,(H,29,32)(H,30,34)(H,31,33). The fourth-order valence-corrected chi connectivity index (χ4v) is 3.65. The van der Waals surface area contributed by atoms with Gasteiger partial charge in [0.2, 0.25) is 5.91 Å². The summed E-state index contributed by atoms with van der Waals surface area (Å²) in [7, 11) is 3.13. The average molecular weight is 490 g/mol. The van der Waals surface area contributed by atoms with E-state index in [1.54, 1.807) is 52.3 Å². The highest BCUT2D eigenvalue weighted by molar-refractivity contribution is 6.08. The van der Waals surface area contributed by atoms with Crippen molar-refractivity contribution in [1.29, 1.82) is 0 Å². The lowest BCUT2D eigenvalue weighted by atomic mass is 10.0. The Kier molecular flexibility index (Phi) is 8.67. The van der Waals surface area contributed by atoms with Gasteiger partial charge in [-0.25, -0.2) is 0 Å². The normalized spacial score (nSPS) is 10.8. The lowest BCUT2D eigenvalue weighted by molar-refractivity contribution is -0.126. The molecule has 0 aliphatic rings. The summed E-state index contributed by atoms with van der Waals surface area (Å²) in [6.07, 6.45) is 0. The van der Waals surface area contributed by atoms with E-state index >= 15 is 0 Å². The first-order valence-electron chi connectivity index (χ1n) is 11.5. The first-order chi connectivity index (χ1) is 17.3. The molecule has 0 aliphatic carbocycles. The maximum atomic E-state index is 13.1. The zero-order valence-corrected chi connectivity index (χ0v) is 20.9. The van der Waals surface area contributed by atoms with Crippen LogP contribution in [0.5, 0.6) is 11.5 Å². The molecule has 36 heavy (non-hydrogen) atoms. The Labute approximate surface area is 211 Å². The Bertz CT molecular complexity index is 1240. The summed E-state index contributed by atoms with van der Waals surface area (Å²) in [4.78, 5) is 39.0. The van der Waals surface area contributed by atoms with Gasteiger partial charge in [0.05, 0.1) is 25.3 Å². The van der Waals surface area contributed by atoms with Gasteiger partial charge in [-0.1, -0.05) is 48.5 Å². The van der Waals surface area contributed by atoms with Crippen molar-refractivity contribution in [3.05, 3.63) is 95.1 Å². The monoisotopic (exact) mass is 489 g/mol. The molecule has 0 unspecified atom stereocenters. The van der Waals surface area contributed by atoms with Gasteiger partial charge in [-0.15, -0.1) is 0 Å². The van der Waals surface area contributed by atoms with Crippen molar-refractivity contribution < 1.29 is 23.9 Å². The molecule has 8 nitrogen and oxygen atoms in total. The summed E-state index contributed by atoms with van der Waals surface area (Å²) in [6, 6.07) is 21.2. The van der Waals surface area contributed by atoms with Crippen molar-refractivity contribution in [3.8, 4) is 11.5 Å². The number of nitrogens with one attached hydrogen (secondary N) is 3. The van der Waals surface area contributed by atoms with E-state index in [4.69, 9.17) is 9.47 Å². The topological polar surface area (TPSA) is 106 Å². The molecular weight excluding hydrogens is 458 g/mol. The van der Waals surface area contributed by atoms with E-state index in [0.717, 1.165) is 11.1 Å². The molecule has 0 fully saturated rings. The Morgan fingerprint density at radius 3 is 1.64 bits per heavy atom. The van der Waals surface area contributed by atoms with Crippen LogP contribution in [0, 0.1) is 0 Å². The van der Waals surface area contributed by atoms with E-state index in [-0.39, 0.29) is 30.1 Å². The number of amides is 3. The molecule has 3 aromatic carbocycles. The Morgan fingerprint density at radius 1 is 0.667 bits per heavy atom. The number of rotatable bonds is 10. The maximum absolute atomic E-state index is 13.1. The van der Waals surface area contributed by atoms with Gasteiger partial charge in [-0.05, 0) is 38.1 Å². The van der Waals surface area contributed by atoms with Gasteiger partial charge in [-0.3, -0.25) is 14.4 Å². The third-order valence-electron chi connectivity index (χ3n) is 5.67. The molecule has 0 saturated carbocycles. The van der Waals surface area contributed by atoms with Gasteiger partial charge in [0.1, 0.15) is 17.0 Å². The van der Waals surface area contributed by atoms with E-state index in [0.29, 0.717) is 11.5 Å². The fourth-order valence-electron chi connectivity index (χ4n) is 3.65. The lowest BCUT2D eigenvalue weighted by Crippen LogP contribution is -2.54. The quantitative estimate of drug-likeness (QED) is 0.405. The molecule has 3 aromatic rings. The lowest BCUT2D eigenvalue weighted by Gasteiger charge is -2.26. The van der Waals surface area contributed by atoms with Gasteiger partial charge in [-0.2, -0.15) is 0 Å². The number of para-hydroxylation sites is 2. The third-order valence-corrected chi connectivity index (χ3v) is 5.67. The number of hydrogen-bond donors (Lipinski definition) is 3. The summed E-state index contributed by atoms with van der Waals surface area (Å²) < 4.78 is 10.6. The second-order valence-corrected chi connectivity index (χ2v) is 8.61. The number of benzene rings is 3. The van der Waals surface area contributed by atoms with E-state index < -0.39 is 17.4 Å². The molecule has 0 aliphatic heterocycles. The van der Waals surface area contributed by atoms with Crippen LogP contribution in [0.25, 0.3) is 0 Å². The number of hydrogen-bond acceptors (Lipinski definition) is 5. The molecule has 0 heterocycles. The van der Waals surface area contributed by atoms with Crippen molar-refractivity contribution in [1.82, 2.24) is 16.0 Å². The Balaban J connectivity index is 1.67. The van der Waals surface area contributed by atoms with Gasteiger partial charge in [0, 0.05) is 24.2 Å². The minimum atomic E-state index is -1.24. The van der Waals surface area contributed by atoms with Gasteiger partial charge >= 0.3 is 0 Å². The van der Waals surface area contributed by atoms with Gasteiger partial charge in [0.25, 0.3) is 11.8 Å². The first-order valence-corrected chi connectivity index (χ1v) is 11.5. The molecular formula is C28H31N3O5. The number of methoxy groups -OCH3 is 2. The summed E-state index contributed by atoms with van der Waals surface area (Å²) in [5.41, 5.74) is 0.756. The molecule has 3 rings (SSSR count). The number of carbonyl (C=O) groups is 3. The van der Waals surface area contributed by atoms with Crippen LogP contribution in [0.3, 0.4) is 0 Å². The highest BCUT2D eigenvalue weighted by atomic mass is 16.5. The molecule has 8 heteroatoms. The predicted molar refractivity (Wildman–Crippen MR) is 137 cm³/mol. The number of carbonyl (C=O) groups excluding carboxylic acids is 3. The smallest absolute Gasteiger partial charge is 0.252 e. The van der Waals surface area contributed by atoms with Crippen LogP contribution in [0.4, 0.5) is 0 Å². The van der Waals surface area contributed by atoms with Gasteiger partial charge < -0.3 is 25.4 Å². The minimum absolute atomic E-state index is 0.167. The second-order valence-electron chi connectivity index (χ2n) is 8.61. The Morgan fingerprint density at radius 2 is 1.11 bits per heavy atom. The minimum Gasteiger partial charge on any atom is -0.496 e. The molecule has 188 valence electrons. The highest BCUT2D eigenvalue weighted by Gasteiger charge is 2.31. The van der Waals surface area contributed by atoms with Crippen LogP contribution < -0.4 is 25.4 Å². The molecule has 0 radical (unpaired) electrons. The number of ether oxygens (including phenoxy) is 2. The summed E-state index contributed by atoms with van der Waals surface area (Å²) in [5, 5.41) is 8.40. The van der Waals surface area contributed by atoms with Crippen molar-refractivity contribution in [2.24, 2.45) is 0 Å². The van der Waals surface area contributed by atoms with Crippen molar-refractivity contribution in [2.75, 3.05) is 14.2 Å². The van der Waals surface area contributed by atoms with E-state index in [1.807, 2.05) is 48.5 Å². The van der Waals surface area contributed by atoms with E-state index in [9.17, 15) is 14.4 Å². The summed E-state index contributed by atoms with van der Waals surface area (Å²) in [5.74, 6) is -0.00199.